The third-order valence-electron chi connectivity index (χ3n) is 1.70. The highest BCUT2D eigenvalue weighted by Gasteiger charge is 2.00. The van der Waals surface area contributed by atoms with Crippen molar-refractivity contribution in [2.24, 2.45) is 0 Å². The molecule has 0 bridgehead atoms. The number of hydrogen-bond donors (Lipinski definition) is 1. The third kappa shape index (κ3) is 1.92. The third-order valence-corrected chi connectivity index (χ3v) is 1.70. The monoisotopic (exact) mass is 167 g/mol. The maximum Gasteiger partial charge on any atom is 0.147 e. The Bertz CT molecular complexity index is 252. The van der Waals surface area contributed by atoms with Crippen molar-refractivity contribution in [2.45, 2.75) is 13.5 Å². The Morgan fingerprint density at radius 1 is 1.50 bits per heavy atom. The molecule has 0 saturated carbocycles. The summed E-state index contributed by atoms with van der Waals surface area (Å²) < 4.78 is 0. The summed E-state index contributed by atoms with van der Waals surface area (Å²) in [5.41, 5.74) is 0.604. The highest BCUT2D eigenvalue weighted by molar-refractivity contribution is 5.34. The van der Waals surface area contributed by atoms with E-state index < -0.39 is 0 Å². The highest BCUT2D eigenvalue weighted by atomic mass is 16.3. The van der Waals surface area contributed by atoms with E-state index >= 15 is 0 Å². The zero-order chi connectivity index (χ0) is 8.97. The first-order chi connectivity index (χ1) is 5.77. The molecule has 0 unspecified atom stereocenters. The van der Waals surface area contributed by atoms with Crippen molar-refractivity contribution < 1.29 is 5.11 Å². The Hall–Kier alpha value is -1.16. The molecule has 1 heterocycles. The van der Waals surface area contributed by atoms with Crippen molar-refractivity contribution in [2.75, 3.05) is 18.5 Å². The number of aliphatic hydroxyl groups excluding tert-OH is 1. The average molecular weight is 167 g/mol. The first kappa shape index (κ1) is 8.93. The molecule has 1 N–H and O–H groups in total. The normalized spacial score (nSPS) is 9.92. The lowest BCUT2D eigenvalue weighted by molar-refractivity contribution is 0.276. The standard InChI is InChI=1S/C8H13N3O/c1-3-11(2)8-5-9-4-7(6-12)10-8/h4-5,12H,3,6H2,1-2H3. The van der Waals surface area contributed by atoms with E-state index in [1.807, 2.05) is 18.9 Å². The second-order valence-electron chi connectivity index (χ2n) is 2.54. The summed E-state index contributed by atoms with van der Waals surface area (Å²) in [6, 6.07) is 0. The van der Waals surface area contributed by atoms with E-state index in [4.69, 9.17) is 5.11 Å². The summed E-state index contributed by atoms with van der Waals surface area (Å²) >= 11 is 0. The molecule has 1 rings (SSSR count). The smallest absolute Gasteiger partial charge is 0.147 e. The largest absolute Gasteiger partial charge is 0.390 e. The highest BCUT2D eigenvalue weighted by Crippen LogP contribution is 2.06. The zero-order valence-electron chi connectivity index (χ0n) is 7.36. The van der Waals surface area contributed by atoms with Crippen LogP contribution in [0.3, 0.4) is 0 Å². The summed E-state index contributed by atoms with van der Waals surface area (Å²) in [6.07, 6.45) is 3.25. The second kappa shape index (κ2) is 4.01. The lowest BCUT2D eigenvalue weighted by atomic mass is 10.4. The van der Waals surface area contributed by atoms with Crippen LogP contribution >= 0.6 is 0 Å². The first-order valence-electron chi connectivity index (χ1n) is 3.90. The van der Waals surface area contributed by atoms with Gasteiger partial charge >= 0.3 is 0 Å². The molecule has 1 aromatic heterocycles. The van der Waals surface area contributed by atoms with Gasteiger partial charge in [-0.15, -0.1) is 0 Å². The minimum absolute atomic E-state index is 0.0571. The van der Waals surface area contributed by atoms with Crippen molar-refractivity contribution in [1.29, 1.82) is 0 Å². The van der Waals surface area contributed by atoms with Crippen LogP contribution < -0.4 is 4.90 Å². The van der Waals surface area contributed by atoms with Gasteiger partial charge in [-0.1, -0.05) is 0 Å². The van der Waals surface area contributed by atoms with E-state index in [2.05, 4.69) is 9.97 Å². The predicted octanol–water partition coefficient (Wildman–Crippen LogP) is 0.425. The van der Waals surface area contributed by atoms with Crippen molar-refractivity contribution in [3.63, 3.8) is 0 Å². The fraction of sp³-hybridized carbons (Fsp3) is 0.500. The molecule has 0 aliphatic carbocycles. The second-order valence-corrected chi connectivity index (χ2v) is 2.54. The molecular weight excluding hydrogens is 154 g/mol. The molecule has 0 spiro atoms. The molecule has 4 nitrogen and oxygen atoms in total. The van der Waals surface area contributed by atoms with E-state index in [9.17, 15) is 0 Å². The number of nitrogens with zero attached hydrogens (tertiary/aromatic N) is 3. The van der Waals surface area contributed by atoms with Gasteiger partial charge in [0.1, 0.15) is 5.82 Å². The molecule has 1 aromatic rings. The van der Waals surface area contributed by atoms with Crippen LogP contribution in [0.25, 0.3) is 0 Å². The maximum absolute atomic E-state index is 8.80. The van der Waals surface area contributed by atoms with Gasteiger partial charge in [0.05, 0.1) is 24.7 Å². The molecule has 0 radical (unpaired) electrons. The Balaban J connectivity index is 2.86. The Kier molecular flexibility index (Phi) is 2.99. The van der Waals surface area contributed by atoms with Crippen LogP contribution in [0, 0.1) is 0 Å². The molecule has 0 aliphatic heterocycles. The SMILES string of the molecule is CCN(C)c1cncc(CO)n1. The summed E-state index contributed by atoms with van der Waals surface area (Å²) in [7, 11) is 1.94. The van der Waals surface area contributed by atoms with Crippen LogP contribution in [-0.4, -0.2) is 28.7 Å². The molecule has 0 aliphatic rings. The zero-order valence-corrected chi connectivity index (χ0v) is 7.36. The molecule has 12 heavy (non-hydrogen) atoms. The van der Waals surface area contributed by atoms with E-state index in [0.717, 1.165) is 12.4 Å². The number of aliphatic hydroxyl groups is 1. The van der Waals surface area contributed by atoms with Crippen LogP contribution in [0.4, 0.5) is 5.82 Å². The van der Waals surface area contributed by atoms with E-state index in [0.29, 0.717) is 5.69 Å². The first-order valence-corrected chi connectivity index (χ1v) is 3.90. The van der Waals surface area contributed by atoms with Gasteiger partial charge < -0.3 is 10.0 Å². The van der Waals surface area contributed by atoms with Crippen molar-refractivity contribution in [3.8, 4) is 0 Å². The Morgan fingerprint density at radius 2 is 2.25 bits per heavy atom. The van der Waals surface area contributed by atoms with Crippen molar-refractivity contribution in [1.82, 2.24) is 9.97 Å². The van der Waals surface area contributed by atoms with Crippen LogP contribution in [-0.2, 0) is 6.61 Å². The van der Waals surface area contributed by atoms with E-state index in [-0.39, 0.29) is 6.61 Å². The minimum Gasteiger partial charge on any atom is -0.390 e. The fourth-order valence-corrected chi connectivity index (χ4v) is 0.817. The molecule has 0 atom stereocenters. The van der Waals surface area contributed by atoms with Gasteiger partial charge in [0.2, 0.25) is 0 Å². The van der Waals surface area contributed by atoms with Crippen molar-refractivity contribution >= 4 is 5.82 Å². The molecule has 0 aromatic carbocycles. The lowest BCUT2D eigenvalue weighted by Gasteiger charge is -2.14. The van der Waals surface area contributed by atoms with E-state index in [1.54, 1.807) is 12.4 Å². The average Bonchev–Trinajstić information content (AvgIpc) is 2.17. The predicted molar refractivity (Wildman–Crippen MR) is 46.9 cm³/mol. The van der Waals surface area contributed by atoms with Gasteiger partial charge in [-0.05, 0) is 6.92 Å². The summed E-state index contributed by atoms with van der Waals surface area (Å²) in [5, 5.41) is 8.80. The van der Waals surface area contributed by atoms with Crippen LogP contribution in [0.15, 0.2) is 12.4 Å². The number of aromatic nitrogens is 2. The van der Waals surface area contributed by atoms with Gasteiger partial charge in [0.15, 0.2) is 0 Å². The van der Waals surface area contributed by atoms with Gasteiger partial charge in [-0.3, -0.25) is 4.98 Å². The Morgan fingerprint density at radius 3 is 2.83 bits per heavy atom. The number of hydrogen-bond acceptors (Lipinski definition) is 4. The summed E-state index contributed by atoms with van der Waals surface area (Å²) in [4.78, 5) is 10.1. The lowest BCUT2D eigenvalue weighted by Crippen LogP contribution is -2.17. The van der Waals surface area contributed by atoms with Crippen LogP contribution in [0.2, 0.25) is 0 Å². The summed E-state index contributed by atoms with van der Waals surface area (Å²) in [5.74, 6) is 0.795. The molecule has 4 heteroatoms. The fourth-order valence-electron chi connectivity index (χ4n) is 0.817. The Labute approximate surface area is 71.9 Å². The number of rotatable bonds is 3. The topological polar surface area (TPSA) is 49.2 Å². The quantitative estimate of drug-likeness (QED) is 0.709. The molecule has 0 amide bonds. The molecule has 0 fully saturated rings. The van der Waals surface area contributed by atoms with Gasteiger partial charge in [0.25, 0.3) is 0 Å². The minimum atomic E-state index is -0.0571. The van der Waals surface area contributed by atoms with Crippen molar-refractivity contribution in [3.05, 3.63) is 18.1 Å². The van der Waals surface area contributed by atoms with Gasteiger partial charge in [-0.2, -0.15) is 0 Å². The molecule has 66 valence electrons. The van der Waals surface area contributed by atoms with Crippen LogP contribution in [0.5, 0.6) is 0 Å². The number of anilines is 1. The summed E-state index contributed by atoms with van der Waals surface area (Å²) in [6.45, 7) is 2.86. The van der Waals surface area contributed by atoms with Crippen LogP contribution in [0.1, 0.15) is 12.6 Å². The van der Waals surface area contributed by atoms with Gasteiger partial charge in [-0.25, -0.2) is 4.98 Å². The van der Waals surface area contributed by atoms with Gasteiger partial charge in [0, 0.05) is 13.6 Å². The molecule has 0 saturated heterocycles. The van der Waals surface area contributed by atoms with E-state index in [1.165, 1.54) is 0 Å². The maximum atomic E-state index is 8.80. The molecular formula is C8H13N3O.